The first kappa shape index (κ1) is 28.2. The van der Waals surface area contributed by atoms with E-state index >= 15 is 0 Å². The van der Waals surface area contributed by atoms with Crippen molar-refractivity contribution in [3.63, 3.8) is 0 Å². The van der Waals surface area contributed by atoms with Gasteiger partial charge in [-0.05, 0) is 78.9 Å². The van der Waals surface area contributed by atoms with Crippen molar-refractivity contribution in [2.75, 3.05) is 0 Å². The van der Waals surface area contributed by atoms with Crippen LogP contribution in [0.15, 0.2) is 162 Å². The molecule has 5 nitrogen and oxygen atoms in total. The summed E-state index contributed by atoms with van der Waals surface area (Å²) in [6, 6.07) is 55.1. The predicted octanol–water partition coefficient (Wildman–Crippen LogP) is 12.2. The summed E-state index contributed by atoms with van der Waals surface area (Å²) < 4.78 is 11.1. The predicted molar refractivity (Wildman–Crippen MR) is 211 cm³/mol. The summed E-state index contributed by atoms with van der Waals surface area (Å²) in [5, 5.41) is 7.08. The van der Waals surface area contributed by atoms with Gasteiger partial charge >= 0.3 is 0 Å². The second kappa shape index (κ2) is 10.9. The van der Waals surface area contributed by atoms with Crippen molar-refractivity contribution < 1.29 is 4.42 Å². The third kappa shape index (κ3) is 4.43. The molecule has 0 N–H and O–H groups in total. The molecule has 0 saturated heterocycles. The lowest BCUT2D eigenvalue weighted by molar-refractivity contribution is 0.669. The average Bonchev–Trinajstić information content (AvgIpc) is 3.87. The van der Waals surface area contributed by atoms with Crippen LogP contribution in [0.25, 0.3) is 104 Å². The third-order valence-corrected chi connectivity index (χ3v) is 11.0. The van der Waals surface area contributed by atoms with Gasteiger partial charge in [0.2, 0.25) is 0 Å². The van der Waals surface area contributed by atoms with Gasteiger partial charge in [-0.15, -0.1) is 11.3 Å². The Hall–Kier alpha value is -6.63. The molecule has 238 valence electrons. The number of furan rings is 1. The van der Waals surface area contributed by atoms with E-state index in [2.05, 4.69) is 138 Å². The highest BCUT2D eigenvalue weighted by atomic mass is 32.1. The van der Waals surface area contributed by atoms with Crippen molar-refractivity contribution in [2.24, 2.45) is 0 Å². The molecule has 51 heavy (non-hydrogen) atoms. The lowest BCUT2D eigenvalue weighted by atomic mass is 10.1. The standard InChI is InChI=1S/C45H26N4OS/c1-5-13-37-31(9-1)32-10-2-6-14-38(32)49(37)30-21-17-27(18-22-30)43-46-44(28-20-24-42-36(25-28)35-12-4-8-16-41(35)51-42)48-45(47-43)29-19-23-34-33-11-3-7-15-39(33)50-40(34)26-29/h1-26H. The highest BCUT2D eigenvalue weighted by Crippen LogP contribution is 2.38. The molecule has 4 heterocycles. The quantitative estimate of drug-likeness (QED) is 0.187. The van der Waals surface area contributed by atoms with Crippen LogP contribution < -0.4 is 0 Å². The lowest BCUT2D eigenvalue weighted by Gasteiger charge is -2.11. The molecule has 11 rings (SSSR count). The SMILES string of the molecule is c1ccc2c(c1)oc1cc(-c3nc(-c4ccc(-n5c6ccccc6c6ccccc65)cc4)nc(-c4ccc5sc6ccccc6c5c4)n3)ccc12. The van der Waals surface area contributed by atoms with Crippen LogP contribution in [0.5, 0.6) is 0 Å². The van der Waals surface area contributed by atoms with Gasteiger partial charge in [0, 0.05) is 64.1 Å². The Bertz CT molecular complexity index is 3100. The second-order valence-electron chi connectivity index (χ2n) is 12.8. The van der Waals surface area contributed by atoms with E-state index < -0.39 is 0 Å². The van der Waals surface area contributed by atoms with Crippen molar-refractivity contribution in [1.82, 2.24) is 19.5 Å². The van der Waals surface area contributed by atoms with E-state index in [9.17, 15) is 0 Å². The molecule has 4 aromatic heterocycles. The number of hydrogen-bond acceptors (Lipinski definition) is 5. The van der Waals surface area contributed by atoms with Gasteiger partial charge in [-0.3, -0.25) is 0 Å². The summed E-state index contributed by atoms with van der Waals surface area (Å²) in [4.78, 5) is 15.3. The summed E-state index contributed by atoms with van der Waals surface area (Å²) in [5.74, 6) is 1.84. The molecule has 0 amide bonds. The molecule has 0 aliphatic heterocycles. The summed E-state index contributed by atoms with van der Waals surface area (Å²) in [5.41, 5.74) is 7.83. The van der Waals surface area contributed by atoms with E-state index in [-0.39, 0.29) is 0 Å². The highest BCUT2D eigenvalue weighted by molar-refractivity contribution is 7.25. The minimum atomic E-state index is 0.596. The van der Waals surface area contributed by atoms with Crippen LogP contribution >= 0.6 is 11.3 Å². The molecule has 6 heteroatoms. The number of nitrogens with zero attached hydrogens (tertiary/aromatic N) is 4. The Balaban J connectivity index is 1.08. The maximum absolute atomic E-state index is 6.26. The molecular weight excluding hydrogens is 645 g/mol. The van der Waals surface area contributed by atoms with E-state index in [1.807, 2.05) is 24.3 Å². The molecule has 0 atom stereocenters. The largest absolute Gasteiger partial charge is 0.456 e. The maximum atomic E-state index is 6.26. The zero-order valence-electron chi connectivity index (χ0n) is 27.1. The molecule has 0 saturated carbocycles. The van der Waals surface area contributed by atoms with Gasteiger partial charge in [-0.25, -0.2) is 15.0 Å². The Morgan fingerprint density at radius 2 is 0.922 bits per heavy atom. The first-order valence-electron chi connectivity index (χ1n) is 16.9. The van der Waals surface area contributed by atoms with E-state index in [0.717, 1.165) is 44.3 Å². The number of para-hydroxylation sites is 3. The van der Waals surface area contributed by atoms with Crippen molar-refractivity contribution in [2.45, 2.75) is 0 Å². The molecule has 11 aromatic rings. The normalized spacial score (nSPS) is 11.9. The first-order valence-corrected chi connectivity index (χ1v) is 17.8. The third-order valence-electron chi connectivity index (χ3n) is 9.87. The molecular formula is C45H26N4OS. The Kier molecular flexibility index (Phi) is 6.05. The Morgan fingerprint density at radius 3 is 1.67 bits per heavy atom. The molecule has 0 aliphatic carbocycles. The van der Waals surface area contributed by atoms with Gasteiger partial charge in [-0.1, -0.05) is 78.9 Å². The molecule has 0 fully saturated rings. The second-order valence-corrected chi connectivity index (χ2v) is 13.9. The molecule has 0 spiro atoms. The van der Waals surface area contributed by atoms with Crippen molar-refractivity contribution in [1.29, 1.82) is 0 Å². The van der Waals surface area contributed by atoms with Crippen molar-refractivity contribution >= 4 is 75.3 Å². The fourth-order valence-electron chi connectivity index (χ4n) is 7.45. The fourth-order valence-corrected chi connectivity index (χ4v) is 8.54. The van der Waals surface area contributed by atoms with Crippen LogP contribution in [0.3, 0.4) is 0 Å². The van der Waals surface area contributed by atoms with Gasteiger partial charge in [-0.2, -0.15) is 0 Å². The van der Waals surface area contributed by atoms with Crippen molar-refractivity contribution in [3.8, 4) is 39.9 Å². The van der Waals surface area contributed by atoms with E-state index in [4.69, 9.17) is 19.4 Å². The molecule has 0 unspecified atom stereocenters. The van der Waals surface area contributed by atoms with Gasteiger partial charge in [0.15, 0.2) is 17.5 Å². The monoisotopic (exact) mass is 670 g/mol. The van der Waals surface area contributed by atoms with Crippen molar-refractivity contribution in [3.05, 3.63) is 158 Å². The number of rotatable bonds is 4. The number of benzene rings is 7. The maximum Gasteiger partial charge on any atom is 0.164 e. The minimum absolute atomic E-state index is 0.596. The highest BCUT2D eigenvalue weighted by Gasteiger charge is 2.17. The fraction of sp³-hybridized carbons (Fsp3) is 0. The van der Waals surface area contributed by atoms with Gasteiger partial charge < -0.3 is 8.98 Å². The molecule has 7 aromatic carbocycles. The first-order chi connectivity index (χ1) is 25.2. The van der Waals surface area contributed by atoms with Gasteiger partial charge in [0.1, 0.15) is 11.2 Å². The summed E-state index contributed by atoms with van der Waals surface area (Å²) >= 11 is 1.80. The zero-order chi connectivity index (χ0) is 33.5. The topological polar surface area (TPSA) is 56.7 Å². The zero-order valence-corrected chi connectivity index (χ0v) is 27.9. The van der Waals surface area contributed by atoms with Crippen LogP contribution in [0.1, 0.15) is 0 Å². The summed E-state index contributed by atoms with van der Waals surface area (Å²) in [6.45, 7) is 0. The van der Waals surface area contributed by atoms with Crippen LogP contribution in [0.4, 0.5) is 0 Å². The van der Waals surface area contributed by atoms with Crippen LogP contribution in [-0.4, -0.2) is 19.5 Å². The van der Waals surface area contributed by atoms with E-state index in [1.165, 1.54) is 42.0 Å². The smallest absolute Gasteiger partial charge is 0.164 e. The Morgan fingerprint density at radius 1 is 0.392 bits per heavy atom. The minimum Gasteiger partial charge on any atom is -0.456 e. The van der Waals surface area contributed by atoms with Crippen LogP contribution in [-0.2, 0) is 0 Å². The number of fused-ring (bicyclic) bond motifs is 9. The average molecular weight is 671 g/mol. The summed E-state index contributed by atoms with van der Waals surface area (Å²) in [6.07, 6.45) is 0. The van der Waals surface area contributed by atoms with Gasteiger partial charge in [0.25, 0.3) is 0 Å². The molecule has 0 bridgehead atoms. The van der Waals surface area contributed by atoms with E-state index in [0.29, 0.717) is 17.5 Å². The number of thiophene rings is 1. The molecule has 0 radical (unpaired) electrons. The van der Waals surface area contributed by atoms with E-state index in [1.54, 1.807) is 11.3 Å². The number of aromatic nitrogens is 4. The number of hydrogen-bond donors (Lipinski definition) is 0. The lowest BCUT2D eigenvalue weighted by Crippen LogP contribution is -2.00. The van der Waals surface area contributed by atoms with Crippen LogP contribution in [0, 0.1) is 0 Å². The van der Waals surface area contributed by atoms with Crippen LogP contribution in [0.2, 0.25) is 0 Å². The summed E-state index contributed by atoms with van der Waals surface area (Å²) in [7, 11) is 0. The Labute approximate surface area is 295 Å². The molecule has 0 aliphatic rings. The van der Waals surface area contributed by atoms with Gasteiger partial charge in [0.05, 0.1) is 11.0 Å².